The van der Waals surface area contributed by atoms with E-state index in [2.05, 4.69) is 192 Å². The lowest BCUT2D eigenvalue weighted by molar-refractivity contribution is 0.121. The van der Waals surface area contributed by atoms with Crippen LogP contribution in [0, 0.1) is 0 Å². The molecule has 0 spiro atoms. The molecule has 0 aliphatic heterocycles. The smallest absolute Gasteiger partial charge is 0.261 e. The monoisotopic (exact) mass is 774 g/mol. The number of aliphatic hydroxyl groups is 1. The molecule has 0 aliphatic carbocycles. The molecule has 0 saturated carbocycles. The molecule has 0 bridgehead atoms. The normalized spacial score (nSPS) is 14.4. The van der Waals surface area contributed by atoms with Crippen molar-refractivity contribution in [2.24, 2.45) is 0 Å². The van der Waals surface area contributed by atoms with Crippen LogP contribution >= 0.6 is 22.6 Å². The molecule has 0 radical (unpaired) electrons. The van der Waals surface area contributed by atoms with Gasteiger partial charge in [0.15, 0.2) is 0 Å². The Bertz CT molecular complexity index is 1480. The van der Waals surface area contributed by atoms with Crippen molar-refractivity contribution >= 4 is 60.0 Å². The summed E-state index contributed by atoms with van der Waals surface area (Å²) in [6, 6.07) is 43.1. The van der Waals surface area contributed by atoms with Crippen molar-refractivity contribution in [2.75, 3.05) is 6.61 Å². The van der Waals surface area contributed by atoms with Gasteiger partial charge in [-0.3, -0.25) is 0 Å². The molecule has 0 unspecified atom stereocenters. The molecular formula is C41H51IO3Si2. The third-order valence-electron chi connectivity index (χ3n) is 9.00. The van der Waals surface area contributed by atoms with Crippen LogP contribution in [-0.4, -0.2) is 40.6 Å². The van der Waals surface area contributed by atoms with Gasteiger partial charge in [-0.15, -0.1) is 6.58 Å². The Morgan fingerprint density at radius 3 is 1.30 bits per heavy atom. The van der Waals surface area contributed by atoms with Gasteiger partial charge in [-0.2, -0.15) is 0 Å². The minimum atomic E-state index is -2.88. The van der Waals surface area contributed by atoms with Crippen LogP contribution in [0.1, 0.15) is 54.4 Å². The van der Waals surface area contributed by atoms with Crippen molar-refractivity contribution in [1.82, 2.24) is 0 Å². The van der Waals surface area contributed by atoms with E-state index in [1.54, 1.807) is 0 Å². The van der Waals surface area contributed by atoms with E-state index in [4.69, 9.17) is 8.85 Å². The van der Waals surface area contributed by atoms with Gasteiger partial charge in [-0.05, 0) is 63.1 Å². The third-order valence-corrected chi connectivity index (χ3v) is 20.0. The molecule has 0 heterocycles. The van der Waals surface area contributed by atoms with Crippen molar-refractivity contribution in [3.05, 3.63) is 144 Å². The van der Waals surface area contributed by atoms with Gasteiger partial charge in [-0.1, -0.05) is 169 Å². The molecule has 0 aliphatic rings. The van der Waals surface area contributed by atoms with Crippen molar-refractivity contribution in [2.45, 2.75) is 76.7 Å². The van der Waals surface area contributed by atoms with Crippen molar-refractivity contribution < 1.29 is 14.0 Å². The molecule has 0 aromatic heterocycles. The number of rotatable bonds is 14. The summed E-state index contributed by atoms with van der Waals surface area (Å²) in [5.74, 6) is 0. The molecule has 4 aromatic rings. The second-order valence-electron chi connectivity index (χ2n) is 14.2. The maximum absolute atomic E-state index is 9.84. The highest BCUT2D eigenvalue weighted by molar-refractivity contribution is 14.1. The minimum Gasteiger partial charge on any atom is -0.404 e. The highest BCUT2D eigenvalue weighted by atomic mass is 127. The van der Waals surface area contributed by atoms with Gasteiger partial charge in [0.25, 0.3) is 16.6 Å². The lowest BCUT2D eigenvalue weighted by Gasteiger charge is -2.47. The SMILES string of the molecule is C=C[C@H](C[C@H](C/C(I)=C/CO)O[Si](c1ccccc1)(c1ccccc1)C(C)(C)C)O[Si](c1ccccc1)(c1ccccc1)C(C)(C)C. The standard InChI is InChI=1S/C41H51IO3Si2/c1-8-34(44-46(40(2,3)4,36-21-13-9-14-22-36)37-23-15-10-16-24-37)32-35(31-33(42)29-30-43)45-47(41(5,6)7,38-25-17-11-18-26-38)39-27-19-12-20-28-39/h8-29,34-35,43H,1,30-32H2,2-7H3/b33-29-/t34-,35+/m1/s1. The van der Waals surface area contributed by atoms with Crippen molar-refractivity contribution in [1.29, 1.82) is 0 Å². The van der Waals surface area contributed by atoms with E-state index in [0.29, 0.717) is 12.8 Å². The number of halogens is 1. The first kappa shape index (κ1) is 37.2. The highest BCUT2D eigenvalue weighted by Gasteiger charge is 2.53. The Kier molecular flexibility index (Phi) is 12.8. The topological polar surface area (TPSA) is 38.7 Å². The molecule has 4 aromatic carbocycles. The fraction of sp³-hybridized carbons (Fsp3) is 0.317. The largest absolute Gasteiger partial charge is 0.404 e. The van der Waals surface area contributed by atoms with Crippen LogP contribution in [-0.2, 0) is 8.85 Å². The fourth-order valence-corrected chi connectivity index (χ4v) is 16.9. The predicted octanol–water partition coefficient (Wildman–Crippen LogP) is 8.15. The van der Waals surface area contributed by atoms with Crippen LogP contribution < -0.4 is 20.7 Å². The molecule has 0 fully saturated rings. The molecule has 47 heavy (non-hydrogen) atoms. The second-order valence-corrected chi connectivity index (χ2v) is 24.1. The maximum atomic E-state index is 9.84. The third kappa shape index (κ3) is 8.35. The highest BCUT2D eigenvalue weighted by Crippen LogP contribution is 2.41. The van der Waals surface area contributed by atoms with E-state index in [-0.39, 0.29) is 28.9 Å². The molecule has 6 heteroatoms. The van der Waals surface area contributed by atoms with Gasteiger partial charge in [-0.25, -0.2) is 0 Å². The molecule has 1 N–H and O–H groups in total. The molecule has 3 nitrogen and oxygen atoms in total. The summed E-state index contributed by atoms with van der Waals surface area (Å²) in [6.45, 7) is 18.2. The Morgan fingerprint density at radius 2 is 1.00 bits per heavy atom. The Hall–Kier alpha value is -2.60. The Balaban J connectivity index is 1.87. The molecule has 0 amide bonds. The molecule has 0 saturated heterocycles. The average Bonchev–Trinajstić information content (AvgIpc) is 3.06. The average molecular weight is 775 g/mol. The first-order valence-electron chi connectivity index (χ1n) is 16.5. The summed E-state index contributed by atoms with van der Waals surface area (Å²) in [7, 11) is -5.73. The van der Waals surface area contributed by atoms with Gasteiger partial charge in [0.1, 0.15) is 0 Å². The van der Waals surface area contributed by atoms with Gasteiger partial charge in [0, 0.05) is 12.8 Å². The number of hydrogen-bond acceptors (Lipinski definition) is 3. The van der Waals surface area contributed by atoms with E-state index >= 15 is 0 Å². The first-order chi connectivity index (χ1) is 22.4. The number of hydrogen-bond donors (Lipinski definition) is 1. The van der Waals surface area contributed by atoms with Crippen LogP contribution in [0.15, 0.2) is 144 Å². The van der Waals surface area contributed by atoms with Crippen LogP contribution in [0.2, 0.25) is 10.1 Å². The van der Waals surface area contributed by atoms with E-state index in [9.17, 15) is 5.11 Å². The summed E-state index contributed by atoms with van der Waals surface area (Å²) in [5.41, 5.74) is 0. The second kappa shape index (κ2) is 16.2. The zero-order valence-electron chi connectivity index (χ0n) is 28.8. The van der Waals surface area contributed by atoms with Gasteiger partial charge >= 0.3 is 0 Å². The van der Waals surface area contributed by atoms with E-state index in [1.807, 2.05) is 12.2 Å². The van der Waals surface area contributed by atoms with Gasteiger partial charge in [0.2, 0.25) is 0 Å². The Labute approximate surface area is 299 Å². The summed E-state index contributed by atoms with van der Waals surface area (Å²) in [6.07, 6.45) is 4.68. The molecule has 4 rings (SSSR count). The molecular weight excluding hydrogens is 724 g/mol. The predicted molar refractivity (Wildman–Crippen MR) is 214 cm³/mol. The zero-order valence-corrected chi connectivity index (χ0v) is 33.0. The van der Waals surface area contributed by atoms with E-state index < -0.39 is 16.6 Å². The van der Waals surface area contributed by atoms with Crippen molar-refractivity contribution in [3.8, 4) is 0 Å². The molecule has 248 valence electrons. The number of benzene rings is 4. The van der Waals surface area contributed by atoms with Gasteiger partial charge in [0.05, 0.1) is 18.8 Å². The summed E-state index contributed by atoms with van der Waals surface area (Å²) in [4.78, 5) is 0. The van der Waals surface area contributed by atoms with Crippen LogP contribution in [0.5, 0.6) is 0 Å². The van der Waals surface area contributed by atoms with Crippen LogP contribution in [0.25, 0.3) is 0 Å². The molecule has 2 atom stereocenters. The maximum Gasteiger partial charge on any atom is 0.261 e. The lowest BCUT2D eigenvalue weighted by atomic mass is 10.1. The van der Waals surface area contributed by atoms with E-state index in [0.717, 1.165) is 3.58 Å². The summed E-state index contributed by atoms with van der Waals surface area (Å²) >= 11 is 2.36. The minimum absolute atomic E-state index is 0.00629. The van der Waals surface area contributed by atoms with Crippen molar-refractivity contribution in [3.63, 3.8) is 0 Å². The first-order valence-corrected chi connectivity index (χ1v) is 21.4. The lowest BCUT2D eigenvalue weighted by Crippen LogP contribution is -2.68. The van der Waals surface area contributed by atoms with Crippen LogP contribution in [0.3, 0.4) is 0 Å². The van der Waals surface area contributed by atoms with Crippen LogP contribution in [0.4, 0.5) is 0 Å². The Morgan fingerprint density at radius 1 is 0.660 bits per heavy atom. The quantitative estimate of drug-likeness (QED) is 0.0799. The summed E-state index contributed by atoms with van der Waals surface area (Å²) < 4.78 is 16.4. The zero-order chi connectivity index (χ0) is 34.1. The fourth-order valence-electron chi connectivity index (χ4n) is 6.88. The van der Waals surface area contributed by atoms with Gasteiger partial charge < -0.3 is 14.0 Å². The van der Waals surface area contributed by atoms with E-state index in [1.165, 1.54) is 20.7 Å². The number of aliphatic hydroxyl groups excluding tert-OH is 1. The summed E-state index contributed by atoms with van der Waals surface area (Å²) in [5, 5.41) is 14.5.